The Kier molecular flexibility index (Phi) is 5.98. The van der Waals surface area contributed by atoms with Gasteiger partial charge in [-0.2, -0.15) is 0 Å². The predicted molar refractivity (Wildman–Crippen MR) is 98.0 cm³/mol. The molecule has 5 nitrogen and oxygen atoms in total. The van der Waals surface area contributed by atoms with E-state index in [4.69, 9.17) is 9.47 Å². The molecule has 0 spiro atoms. The molecular formula is C18H21NO4S. The Balaban J connectivity index is 2.31. The van der Waals surface area contributed by atoms with Crippen LogP contribution in [-0.2, 0) is 10.8 Å². The number of benzene rings is 1. The van der Waals surface area contributed by atoms with E-state index in [-0.39, 0.29) is 11.4 Å². The van der Waals surface area contributed by atoms with Gasteiger partial charge in [0.05, 0.1) is 17.9 Å². The van der Waals surface area contributed by atoms with Gasteiger partial charge in [-0.1, -0.05) is 6.07 Å². The van der Waals surface area contributed by atoms with Crippen molar-refractivity contribution in [3.05, 3.63) is 57.5 Å². The smallest absolute Gasteiger partial charge is 0.182 e. The fourth-order valence-corrected chi connectivity index (χ4v) is 2.62. The molecule has 0 aliphatic heterocycles. The maximum absolute atomic E-state index is 11.5. The zero-order valence-electron chi connectivity index (χ0n) is 14.2. The van der Waals surface area contributed by atoms with E-state index in [9.17, 15) is 9.00 Å². The summed E-state index contributed by atoms with van der Waals surface area (Å²) >= 11 is 0. The topological polar surface area (TPSA) is 57.5 Å². The van der Waals surface area contributed by atoms with Gasteiger partial charge in [-0.25, -0.2) is 0 Å². The molecule has 128 valence electrons. The molecule has 0 radical (unpaired) electrons. The molecule has 0 bridgehead atoms. The lowest BCUT2D eigenvalue weighted by Crippen LogP contribution is -2.08. The summed E-state index contributed by atoms with van der Waals surface area (Å²) in [6.07, 6.45) is 5.39. The van der Waals surface area contributed by atoms with Crippen molar-refractivity contribution in [2.75, 3.05) is 19.3 Å². The highest BCUT2D eigenvalue weighted by Crippen LogP contribution is 2.28. The number of pyridine rings is 1. The van der Waals surface area contributed by atoms with Crippen LogP contribution in [-0.4, -0.2) is 28.1 Å². The summed E-state index contributed by atoms with van der Waals surface area (Å²) in [7, 11) is 0.509. The summed E-state index contributed by atoms with van der Waals surface area (Å²) in [5.41, 5.74) is 2.64. The lowest BCUT2D eigenvalue weighted by atomic mass is 10.2. The maximum Gasteiger partial charge on any atom is 0.182 e. The van der Waals surface area contributed by atoms with E-state index < -0.39 is 10.8 Å². The van der Waals surface area contributed by atoms with Crippen LogP contribution in [0.25, 0.3) is 12.3 Å². The molecule has 1 unspecified atom stereocenters. The molecule has 0 fully saturated rings. The molecule has 24 heavy (non-hydrogen) atoms. The first-order chi connectivity index (χ1) is 11.4. The Bertz CT molecular complexity index is 813. The van der Waals surface area contributed by atoms with Crippen LogP contribution in [0.5, 0.6) is 11.5 Å². The van der Waals surface area contributed by atoms with Gasteiger partial charge in [-0.3, -0.25) is 9.00 Å². The van der Waals surface area contributed by atoms with Gasteiger partial charge < -0.3 is 14.0 Å². The van der Waals surface area contributed by atoms with E-state index in [0.717, 1.165) is 17.0 Å². The van der Waals surface area contributed by atoms with E-state index in [1.807, 2.05) is 42.8 Å². The van der Waals surface area contributed by atoms with Gasteiger partial charge in [0.2, 0.25) is 0 Å². The van der Waals surface area contributed by atoms with Crippen LogP contribution >= 0.6 is 0 Å². The van der Waals surface area contributed by atoms with Gasteiger partial charge in [0.15, 0.2) is 22.9 Å². The fourth-order valence-electron chi connectivity index (χ4n) is 2.32. The first-order valence-corrected chi connectivity index (χ1v) is 9.12. The molecule has 1 aromatic heterocycles. The zero-order chi connectivity index (χ0) is 17.7. The minimum Gasteiger partial charge on any atom is -0.493 e. The quantitative estimate of drug-likeness (QED) is 0.806. The highest BCUT2D eigenvalue weighted by molar-refractivity contribution is 7.84. The average Bonchev–Trinajstić information content (AvgIpc) is 2.52. The van der Waals surface area contributed by atoms with Crippen LogP contribution < -0.4 is 14.9 Å². The van der Waals surface area contributed by atoms with Crippen molar-refractivity contribution < 1.29 is 13.7 Å². The molecule has 2 rings (SSSR count). The fraction of sp³-hybridized carbons (Fsp3) is 0.278. The van der Waals surface area contributed by atoms with Crippen LogP contribution in [0.2, 0.25) is 0 Å². The van der Waals surface area contributed by atoms with Crippen molar-refractivity contribution in [2.24, 2.45) is 0 Å². The summed E-state index contributed by atoms with van der Waals surface area (Å²) in [5.74, 6) is 1.25. The van der Waals surface area contributed by atoms with Gasteiger partial charge >= 0.3 is 0 Å². The van der Waals surface area contributed by atoms with Crippen LogP contribution in [0.3, 0.4) is 0 Å². The summed E-state index contributed by atoms with van der Waals surface area (Å²) < 4.78 is 24.0. The molecule has 0 saturated heterocycles. The van der Waals surface area contributed by atoms with Crippen molar-refractivity contribution in [3.8, 4) is 11.5 Å². The van der Waals surface area contributed by atoms with Gasteiger partial charge in [0, 0.05) is 36.0 Å². The molecule has 1 atom stereocenters. The lowest BCUT2D eigenvalue weighted by Gasteiger charge is -2.11. The van der Waals surface area contributed by atoms with E-state index in [1.165, 1.54) is 0 Å². The molecular weight excluding hydrogens is 326 g/mol. The Hall–Kier alpha value is -2.34. The van der Waals surface area contributed by atoms with E-state index >= 15 is 0 Å². The van der Waals surface area contributed by atoms with Crippen molar-refractivity contribution >= 4 is 23.1 Å². The monoisotopic (exact) mass is 347 g/mol. The van der Waals surface area contributed by atoms with Crippen molar-refractivity contribution in [1.82, 2.24) is 4.57 Å². The Morgan fingerprint density at radius 1 is 1.12 bits per heavy atom. The Labute approximate surface area is 144 Å². The summed E-state index contributed by atoms with van der Waals surface area (Å²) in [5, 5.41) is 0. The summed E-state index contributed by atoms with van der Waals surface area (Å²) in [4.78, 5) is 11.5. The second kappa shape index (κ2) is 7.97. The molecule has 0 N–H and O–H groups in total. The second-order valence-corrected chi connectivity index (χ2v) is 6.79. The molecule has 1 heterocycles. The van der Waals surface area contributed by atoms with E-state index in [2.05, 4.69) is 0 Å². The van der Waals surface area contributed by atoms with Crippen molar-refractivity contribution in [1.29, 1.82) is 0 Å². The van der Waals surface area contributed by atoms with Crippen LogP contribution in [0, 0.1) is 13.8 Å². The average molecular weight is 347 g/mol. The first kappa shape index (κ1) is 18.0. The minimum absolute atomic E-state index is 0.00218. The van der Waals surface area contributed by atoms with Crippen LogP contribution in [0.1, 0.15) is 17.0 Å². The Morgan fingerprint density at radius 3 is 2.38 bits per heavy atom. The van der Waals surface area contributed by atoms with E-state index in [1.54, 1.807) is 31.6 Å². The number of nitrogens with zero attached hydrogens (tertiary/aromatic N) is 1. The largest absolute Gasteiger partial charge is 0.493 e. The number of aryl methyl sites for hydroxylation is 2. The molecule has 2 aromatic rings. The normalized spacial score (nSPS) is 12.3. The highest BCUT2D eigenvalue weighted by Gasteiger charge is 2.06. The number of ether oxygens (including phenoxy) is 2. The van der Waals surface area contributed by atoms with Gasteiger partial charge in [0.25, 0.3) is 0 Å². The van der Waals surface area contributed by atoms with Gasteiger partial charge in [-0.05, 0) is 37.6 Å². The Morgan fingerprint density at radius 2 is 1.79 bits per heavy atom. The lowest BCUT2D eigenvalue weighted by molar-refractivity contribution is 0.341. The standard InChI is InChI=1S/C18H21NO4S/c1-13-9-16(20)10-14(2)19(13)8-7-15-5-6-17(22-3)18(11-15)23-12-24(4)21/h5-11H,12H2,1-4H3/b8-7+. The van der Waals surface area contributed by atoms with Crippen molar-refractivity contribution in [2.45, 2.75) is 13.8 Å². The third kappa shape index (κ3) is 4.58. The third-order valence-corrected chi connectivity index (χ3v) is 3.90. The summed E-state index contributed by atoms with van der Waals surface area (Å²) in [6, 6.07) is 8.72. The molecule has 6 heteroatoms. The van der Waals surface area contributed by atoms with Crippen LogP contribution in [0.4, 0.5) is 0 Å². The van der Waals surface area contributed by atoms with Crippen LogP contribution in [0.15, 0.2) is 35.1 Å². The molecule has 0 aliphatic rings. The summed E-state index contributed by atoms with van der Waals surface area (Å²) in [6.45, 7) is 3.77. The number of aromatic nitrogens is 1. The third-order valence-electron chi connectivity index (χ3n) is 3.45. The first-order valence-electron chi connectivity index (χ1n) is 7.39. The predicted octanol–water partition coefficient (Wildman–Crippen LogP) is 2.82. The van der Waals surface area contributed by atoms with Crippen molar-refractivity contribution in [3.63, 3.8) is 0 Å². The number of methoxy groups -OCH3 is 1. The number of rotatable bonds is 6. The molecule has 1 aromatic carbocycles. The number of hydrogen-bond donors (Lipinski definition) is 0. The minimum atomic E-state index is -1.05. The SMILES string of the molecule is COc1ccc(/C=C/n2c(C)cc(=O)cc2C)cc1OCS(C)=O. The number of hydrogen-bond acceptors (Lipinski definition) is 4. The molecule has 0 saturated carbocycles. The van der Waals surface area contributed by atoms with E-state index in [0.29, 0.717) is 11.5 Å². The zero-order valence-corrected chi connectivity index (χ0v) is 15.1. The van der Waals surface area contributed by atoms with Gasteiger partial charge in [-0.15, -0.1) is 0 Å². The second-order valence-electron chi connectivity index (χ2n) is 5.41. The van der Waals surface area contributed by atoms with Gasteiger partial charge in [0.1, 0.15) is 0 Å². The molecule has 0 aliphatic carbocycles. The highest BCUT2D eigenvalue weighted by atomic mass is 32.2. The maximum atomic E-state index is 11.5. The molecule has 0 amide bonds.